The van der Waals surface area contributed by atoms with Gasteiger partial charge >= 0.3 is 5.97 Å². The third-order valence-electron chi connectivity index (χ3n) is 2.55. The molecule has 3 aromatic rings. The number of hydrogen-bond donors (Lipinski definition) is 0. The lowest BCUT2D eigenvalue weighted by molar-refractivity contribution is 0.0600. The van der Waals surface area contributed by atoms with Crippen LogP contribution >= 0.6 is 11.6 Å². The third-order valence-corrected chi connectivity index (χ3v) is 2.75. The van der Waals surface area contributed by atoms with E-state index in [4.69, 9.17) is 16.0 Å². The number of hydrogen-bond acceptors (Lipinski definition) is 5. The zero-order valence-electron chi connectivity index (χ0n) is 9.83. The summed E-state index contributed by atoms with van der Waals surface area (Å²) >= 11 is 5.70. The summed E-state index contributed by atoms with van der Waals surface area (Å²) < 4.78 is 11.4. The van der Waals surface area contributed by atoms with Crippen LogP contribution in [0.25, 0.3) is 17.2 Å². The molecule has 0 saturated carbocycles. The molecule has 6 nitrogen and oxygen atoms in total. The fourth-order valence-corrected chi connectivity index (χ4v) is 1.81. The van der Waals surface area contributed by atoms with E-state index in [2.05, 4.69) is 14.8 Å². The topological polar surface area (TPSA) is 69.6 Å². The van der Waals surface area contributed by atoms with Gasteiger partial charge in [0.15, 0.2) is 16.6 Å². The molecule has 0 aliphatic carbocycles. The van der Waals surface area contributed by atoms with Gasteiger partial charge in [0.1, 0.15) is 0 Å². The zero-order valence-corrected chi connectivity index (χ0v) is 10.6. The van der Waals surface area contributed by atoms with E-state index in [1.807, 2.05) is 0 Å². The van der Waals surface area contributed by atoms with Crippen molar-refractivity contribution in [1.29, 1.82) is 0 Å². The summed E-state index contributed by atoms with van der Waals surface area (Å²) in [5, 5.41) is 4.49. The number of nitrogens with zero attached hydrogens (tertiary/aromatic N) is 3. The van der Waals surface area contributed by atoms with Gasteiger partial charge in [0.2, 0.25) is 5.82 Å². The van der Waals surface area contributed by atoms with Crippen LogP contribution in [0.15, 0.2) is 34.9 Å². The summed E-state index contributed by atoms with van der Waals surface area (Å²) in [6, 6.07) is 6.59. The first kappa shape index (κ1) is 11.7. The highest BCUT2D eigenvalue weighted by Crippen LogP contribution is 2.22. The second kappa shape index (κ2) is 4.40. The Hall–Kier alpha value is -2.34. The van der Waals surface area contributed by atoms with Crippen molar-refractivity contribution in [2.75, 3.05) is 7.11 Å². The minimum absolute atomic E-state index is 0.268. The van der Waals surface area contributed by atoms with Gasteiger partial charge < -0.3 is 9.15 Å². The van der Waals surface area contributed by atoms with Crippen LogP contribution in [0.1, 0.15) is 10.4 Å². The molecule has 0 amide bonds. The Morgan fingerprint density at radius 2 is 2.21 bits per heavy atom. The van der Waals surface area contributed by atoms with Gasteiger partial charge in [-0.2, -0.15) is 0 Å². The first-order valence-corrected chi connectivity index (χ1v) is 5.75. The van der Waals surface area contributed by atoms with Crippen LogP contribution in [-0.2, 0) is 4.74 Å². The largest absolute Gasteiger partial charge is 0.465 e. The predicted octanol–water partition coefficient (Wildman–Crippen LogP) is 2.43. The first-order chi connectivity index (χ1) is 9.17. The standard InChI is InChI=1S/C12H8ClN3O3/c1-18-12(17)7-2-5-10-14-11(15-16(10)6-7)8-3-4-9(13)19-8/h2-6H,1H3. The van der Waals surface area contributed by atoms with Crippen LogP contribution < -0.4 is 0 Å². The molecule has 0 N–H and O–H groups in total. The van der Waals surface area contributed by atoms with Crippen LogP contribution in [0.4, 0.5) is 0 Å². The molecule has 0 spiro atoms. The number of aromatic nitrogens is 3. The van der Waals surface area contributed by atoms with E-state index in [1.54, 1.807) is 30.5 Å². The highest BCUT2D eigenvalue weighted by Gasteiger charge is 2.12. The molecule has 19 heavy (non-hydrogen) atoms. The molecular formula is C12H8ClN3O3. The number of carbonyl (C=O) groups excluding carboxylic acids is 1. The number of halogens is 1. The summed E-state index contributed by atoms with van der Waals surface area (Å²) in [6.45, 7) is 0. The number of carbonyl (C=O) groups is 1. The number of furan rings is 1. The number of rotatable bonds is 2. The lowest BCUT2D eigenvalue weighted by Crippen LogP contribution is -2.03. The molecular weight excluding hydrogens is 270 g/mol. The maximum atomic E-state index is 11.4. The summed E-state index contributed by atoms with van der Waals surface area (Å²) in [6.07, 6.45) is 1.54. The number of ether oxygens (including phenoxy) is 1. The Labute approximate surface area is 112 Å². The highest BCUT2D eigenvalue weighted by molar-refractivity contribution is 6.28. The SMILES string of the molecule is COC(=O)c1ccc2nc(-c3ccc(Cl)o3)nn2c1. The van der Waals surface area contributed by atoms with E-state index in [0.29, 0.717) is 22.8 Å². The number of fused-ring (bicyclic) bond motifs is 1. The van der Waals surface area contributed by atoms with E-state index in [0.717, 1.165) is 0 Å². The average molecular weight is 278 g/mol. The molecule has 96 valence electrons. The van der Waals surface area contributed by atoms with Crippen LogP contribution in [0.5, 0.6) is 0 Å². The Morgan fingerprint density at radius 1 is 1.37 bits per heavy atom. The van der Waals surface area contributed by atoms with Crippen LogP contribution in [0, 0.1) is 0 Å². The van der Waals surface area contributed by atoms with Gasteiger partial charge in [-0.05, 0) is 35.9 Å². The van der Waals surface area contributed by atoms with Crippen molar-refractivity contribution in [2.24, 2.45) is 0 Å². The molecule has 0 atom stereocenters. The lowest BCUT2D eigenvalue weighted by atomic mass is 10.3. The second-order valence-electron chi connectivity index (χ2n) is 3.75. The van der Waals surface area contributed by atoms with Gasteiger partial charge in [0, 0.05) is 6.20 Å². The molecule has 0 aliphatic heterocycles. The zero-order chi connectivity index (χ0) is 13.4. The monoisotopic (exact) mass is 277 g/mol. The third kappa shape index (κ3) is 2.06. The molecule has 0 radical (unpaired) electrons. The van der Waals surface area contributed by atoms with E-state index >= 15 is 0 Å². The Bertz CT molecular complexity index is 763. The van der Waals surface area contributed by atoms with Gasteiger partial charge in [-0.1, -0.05) is 0 Å². The average Bonchev–Trinajstić information content (AvgIpc) is 3.02. The molecule has 0 saturated heterocycles. The van der Waals surface area contributed by atoms with Crippen molar-refractivity contribution < 1.29 is 13.9 Å². The molecule has 0 aliphatic rings. The van der Waals surface area contributed by atoms with Gasteiger partial charge in [-0.25, -0.2) is 14.3 Å². The normalized spacial score (nSPS) is 10.8. The number of esters is 1. The summed E-state index contributed by atoms with van der Waals surface area (Å²) in [5.41, 5.74) is 0.985. The van der Waals surface area contributed by atoms with Crippen molar-refractivity contribution in [3.05, 3.63) is 41.2 Å². The molecule has 0 bridgehead atoms. The fourth-order valence-electron chi connectivity index (χ4n) is 1.66. The molecule has 0 aromatic carbocycles. The Morgan fingerprint density at radius 3 is 2.89 bits per heavy atom. The smallest absolute Gasteiger partial charge is 0.339 e. The van der Waals surface area contributed by atoms with Crippen LogP contribution in [0.2, 0.25) is 5.22 Å². The van der Waals surface area contributed by atoms with Crippen LogP contribution in [0.3, 0.4) is 0 Å². The van der Waals surface area contributed by atoms with Crippen molar-refractivity contribution in [1.82, 2.24) is 14.6 Å². The summed E-state index contributed by atoms with van der Waals surface area (Å²) in [4.78, 5) is 15.7. The van der Waals surface area contributed by atoms with Crippen molar-refractivity contribution in [3.8, 4) is 11.6 Å². The molecule has 3 heterocycles. The number of methoxy groups -OCH3 is 1. The lowest BCUT2D eigenvalue weighted by Gasteiger charge is -1.98. The fraction of sp³-hybridized carbons (Fsp3) is 0.0833. The Balaban J connectivity index is 2.08. The van der Waals surface area contributed by atoms with Crippen molar-refractivity contribution in [3.63, 3.8) is 0 Å². The van der Waals surface area contributed by atoms with E-state index in [1.165, 1.54) is 11.6 Å². The van der Waals surface area contributed by atoms with Gasteiger partial charge in [-0.3, -0.25) is 0 Å². The minimum Gasteiger partial charge on any atom is -0.465 e. The van der Waals surface area contributed by atoms with E-state index in [9.17, 15) is 4.79 Å². The quantitative estimate of drug-likeness (QED) is 0.673. The molecule has 0 fully saturated rings. The van der Waals surface area contributed by atoms with E-state index < -0.39 is 5.97 Å². The molecule has 0 unspecified atom stereocenters. The second-order valence-corrected chi connectivity index (χ2v) is 4.12. The Kier molecular flexibility index (Phi) is 2.72. The number of pyridine rings is 1. The predicted molar refractivity (Wildman–Crippen MR) is 67.0 cm³/mol. The van der Waals surface area contributed by atoms with Crippen molar-refractivity contribution >= 4 is 23.2 Å². The van der Waals surface area contributed by atoms with Crippen LogP contribution in [-0.4, -0.2) is 27.7 Å². The van der Waals surface area contributed by atoms with Gasteiger partial charge in [0.05, 0.1) is 12.7 Å². The van der Waals surface area contributed by atoms with E-state index in [-0.39, 0.29) is 5.22 Å². The van der Waals surface area contributed by atoms with Gasteiger partial charge in [0.25, 0.3) is 0 Å². The van der Waals surface area contributed by atoms with Gasteiger partial charge in [-0.15, -0.1) is 5.10 Å². The maximum absolute atomic E-state index is 11.4. The molecule has 3 aromatic heterocycles. The molecule has 7 heteroatoms. The molecule has 3 rings (SSSR count). The maximum Gasteiger partial charge on any atom is 0.339 e. The minimum atomic E-state index is -0.431. The summed E-state index contributed by atoms with van der Waals surface area (Å²) in [7, 11) is 1.32. The van der Waals surface area contributed by atoms with Crippen molar-refractivity contribution in [2.45, 2.75) is 0 Å². The first-order valence-electron chi connectivity index (χ1n) is 5.38. The summed E-state index contributed by atoms with van der Waals surface area (Å²) in [5.74, 6) is 0.433. The highest BCUT2D eigenvalue weighted by atomic mass is 35.5.